The van der Waals surface area contributed by atoms with Gasteiger partial charge in [0.05, 0.1) is 16.6 Å². The van der Waals surface area contributed by atoms with Crippen LogP contribution in [-0.4, -0.2) is 20.0 Å². The summed E-state index contributed by atoms with van der Waals surface area (Å²) in [5, 5.41) is 8.57. The fraction of sp³-hybridized carbons (Fsp3) is 0.333. The van der Waals surface area contributed by atoms with Crippen molar-refractivity contribution < 1.29 is 0 Å². The Kier molecular flexibility index (Phi) is 1.67. The fourth-order valence-electron chi connectivity index (χ4n) is 2.02. The summed E-state index contributed by atoms with van der Waals surface area (Å²) in [6.45, 7) is 6.45. The van der Waals surface area contributed by atoms with Gasteiger partial charge in [0.25, 0.3) is 0 Å². The van der Waals surface area contributed by atoms with Crippen molar-refractivity contribution in [3.63, 3.8) is 0 Å². The van der Waals surface area contributed by atoms with E-state index in [1.54, 1.807) is 0 Å². The van der Waals surface area contributed by atoms with Crippen LogP contribution in [0.25, 0.3) is 21.9 Å². The number of aromatic amines is 1. The molecular weight excluding hydrogens is 200 g/mol. The number of hydrogen-bond donors (Lipinski definition) is 1. The molecule has 0 radical (unpaired) electrons. The Hall–Kier alpha value is -1.84. The summed E-state index contributed by atoms with van der Waals surface area (Å²) in [6.07, 6.45) is 1.82. The molecule has 4 nitrogen and oxygen atoms in total. The van der Waals surface area contributed by atoms with E-state index in [0.29, 0.717) is 0 Å². The minimum absolute atomic E-state index is 0.00243. The van der Waals surface area contributed by atoms with Crippen LogP contribution in [0, 0.1) is 0 Å². The topological polar surface area (TPSA) is 46.5 Å². The second kappa shape index (κ2) is 2.84. The molecule has 0 spiro atoms. The SMILES string of the molecule is CC(C)(C)n1[nH]nc2c3ccnc3ccc21. The molecule has 0 amide bonds. The smallest absolute Gasteiger partial charge is 0.120 e. The molecule has 2 aromatic heterocycles. The standard InChI is InChI=1S/C12H14N4/c1-12(2,3)16-10-5-4-9-8(6-7-13-9)11(10)14-15-16/h4-7,15H,1-3H3. The number of nitrogens with one attached hydrogen (secondary N) is 1. The van der Waals surface area contributed by atoms with E-state index in [4.69, 9.17) is 0 Å². The van der Waals surface area contributed by atoms with Crippen LogP contribution in [0.5, 0.6) is 0 Å². The van der Waals surface area contributed by atoms with Gasteiger partial charge >= 0.3 is 0 Å². The maximum Gasteiger partial charge on any atom is 0.120 e. The summed E-state index contributed by atoms with van der Waals surface area (Å²) >= 11 is 0. The van der Waals surface area contributed by atoms with Gasteiger partial charge in [-0.15, -0.1) is 0 Å². The van der Waals surface area contributed by atoms with Crippen molar-refractivity contribution >= 4 is 21.9 Å². The Morgan fingerprint density at radius 3 is 2.75 bits per heavy atom. The average molecular weight is 214 g/mol. The van der Waals surface area contributed by atoms with E-state index in [-0.39, 0.29) is 5.54 Å². The predicted octanol–water partition coefficient (Wildman–Crippen LogP) is 2.67. The zero-order chi connectivity index (χ0) is 11.3. The molecule has 3 rings (SSSR count). The summed E-state index contributed by atoms with van der Waals surface area (Å²) in [4.78, 5) is 4.28. The maximum atomic E-state index is 4.38. The third-order valence-corrected chi connectivity index (χ3v) is 2.80. The molecule has 0 atom stereocenters. The van der Waals surface area contributed by atoms with Gasteiger partial charge in [-0.25, -0.2) is 5.21 Å². The average Bonchev–Trinajstić information content (AvgIpc) is 2.81. The van der Waals surface area contributed by atoms with Gasteiger partial charge in [0.1, 0.15) is 5.52 Å². The van der Waals surface area contributed by atoms with Crippen LogP contribution in [0.1, 0.15) is 20.8 Å². The molecule has 1 aromatic carbocycles. The molecule has 4 heteroatoms. The number of hydrogen-bond acceptors (Lipinski definition) is 2. The number of aromatic nitrogens is 4. The minimum Gasteiger partial charge on any atom is -0.265 e. The van der Waals surface area contributed by atoms with Crippen LogP contribution in [0.4, 0.5) is 0 Å². The lowest BCUT2D eigenvalue weighted by Crippen LogP contribution is -2.22. The molecule has 3 aromatic rings. The van der Waals surface area contributed by atoms with Gasteiger partial charge in [-0.3, -0.25) is 9.67 Å². The third-order valence-electron chi connectivity index (χ3n) is 2.80. The van der Waals surface area contributed by atoms with E-state index >= 15 is 0 Å². The van der Waals surface area contributed by atoms with Crippen molar-refractivity contribution in [2.75, 3.05) is 0 Å². The molecule has 0 bridgehead atoms. The highest BCUT2D eigenvalue weighted by molar-refractivity contribution is 6.02. The van der Waals surface area contributed by atoms with E-state index in [9.17, 15) is 0 Å². The lowest BCUT2D eigenvalue weighted by Gasteiger charge is -2.20. The molecule has 82 valence electrons. The zero-order valence-corrected chi connectivity index (χ0v) is 9.65. The maximum absolute atomic E-state index is 4.38. The Bertz CT molecular complexity index is 654. The predicted molar refractivity (Wildman–Crippen MR) is 64.4 cm³/mol. The summed E-state index contributed by atoms with van der Waals surface area (Å²) in [5.41, 5.74) is 3.11. The largest absolute Gasteiger partial charge is 0.265 e. The normalized spacial score (nSPS) is 12.7. The fourth-order valence-corrected chi connectivity index (χ4v) is 2.02. The lowest BCUT2D eigenvalue weighted by molar-refractivity contribution is 0.358. The molecular formula is C12H14N4. The van der Waals surface area contributed by atoms with E-state index in [2.05, 4.69) is 46.8 Å². The van der Waals surface area contributed by atoms with Crippen molar-refractivity contribution in [2.45, 2.75) is 26.3 Å². The first-order valence-corrected chi connectivity index (χ1v) is 5.38. The van der Waals surface area contributed by atoms with Crippen LogP contribution >= 0.6 is 0 Å². The highest BCUT2D eigenvalue weighted by Gasteiger charge is 2.17. The molecule has 2 heterocycles. The van der Waals surface area contributed by atoms with Crippen LogP contribution in [-0.2, 0) is 5.54 Å². The molecule has 0 aliphatic carbocycles. The van der Waals surface area contributed by atoms with Gasteiger partial charge in [-0.1, -0.05) is 0 Å². The van der Waals surface area contributed by atoms with E-state index in [1.807, 2.05) is 18.3 Å². The first-order valence-electron chi connectivity index (χ1n) is 5.38. The second-order valence-corrected chi connectivity index (χ2v) is 5.03. The zero-order valence-electron chi connectivity index (χ0n) is 9.65. The van der Waals surface area contributed by atoms with E-state index < -0.39 is 0 Å². The van der Waals surface area contributed by atoms with Crippen molar-refractivity contribution in [3.05, 3.63) is 24.4 Å². The van der Waals surface area contributed by atoms with Gasteiger partial charge in [0.2, 0.25) is 0 Å². The van der Waals surface area contributed by atoms with Crippen molar-refractivity contribution in [2.24, 2.45) is 0 Å². The lowest BCUT2D eigenvalue weighted by atomic mass is 10.1. The first kappa shape index (κ1) is 9.39. The summed E-state index contributed by atoms with van der Waals surface area (Å²) in [6, 6.07) is 6.11. The number of fused-ring (bicyclic) bond motifs is 3. The monoisotopic (exact) mass is 214 g/mol. The van der Waals surface area contributed by atoms with E-state index in [1.165, 1.54) is 0 Å². The number of nitrogens with zero attached hydrogens (tertiary/aromatic N) is 3. The van der Waals surface area contributed by atoms with Crippen LogP contribution in [0.2, 0.25) is 0 Å². The van der Waals surface area contributed by atoms with Gasteiger partial charge < -0.3 is 0 Å². The molecule has 0 unspecified atom stereocenters. The molecule has 0 aliphatic heterocycles. The summed E-state index contributed by atoms with van der Waals surface area (Å²) in [5.74, 6) is 0. The Balaban J connectivity index is 2.44. The highest BCUT2D eigenvalue weighted by atomic mass is 15.4. The molecule has 0 fully saturated rings. The summed E-state index contributed by atoms with van der Waals surface area (Å²) in [7, 11) is 0. The van der Waals surface area contributed by atoms with Crippen molar-refractivity contribution in [3.8, 4) is 0 Å². The minimum atomic E-state index is 0.00243. The first-order chi connectivity index (χ1) is 7.57. The Labute approximate surface area is 93.3 Å². The molecule has 0 saturated carbocycles. The number of rotatable bonds is 0. The molecule has 0 saturated heterocycles. The van der Waals surface area contributed by atoms with Gasteiger partial charge in [0.15, 0.2) is 0 Å². The highest BCUT2D eigenvalue weighted by Crippen LogP contribution is 2.25. The molecule has 0 aliphatic rings. The molecule has 16 heavy (non-hydrogen) atoms. The van der Waals surface area contributed by atoms with Crippen molar-refractivity contribution in [1.82, 2.24) is 20.0 Å². The van der Waals surface area contributed by atoms with Crippen LogP contribution in [0.3, 0.4) is 0 Å². The van der Waals surface area contributed by atoms with Gasteiger partial charge in [-0.05, 0) is 39.0 Å². The van der Waals surface area contributed by atoms with Crippen LogP contribution < -0.4 is 0 Å². The number of benzene rings is 1. The molecule has 1 N–H and O–H groups in total. The van der Waals surface area contributed by atoms with Gasteiger partial charge in [-0.2, -0.15) is 5.10 Å². The summed E-state index contributed by atoms with van der Waals surface area (Å²) < 4.78 is 2.08. The van der Waals surface area contributed by atoms with Crippen LogP contribution in [0.15, 0.2) is 24.4 Å². The Morgan fingerprint density at radius 1 is 1.19 bits per heavy atom. The van der Waals surface area contributed by atoms with Crippen molar-refractivity contribution in [1.29, 1.82) is 0 Å². The quantitative estimate of drug-likeness (QED) is 0.625. The van der Waals surface area contributed by atoms with E-state index in [0.717, 1.165) is 21.9 Å². The second-order valence-electron chi connectivity index (χ2n) is 5.03. The number of H-pyrrole nitrogens is 1. The third kappa shape index (κ3) is 1.16. The Morgan fingerprint density at radius 2 is 2.00 bits per heavy atom. The van der Waals surface area contributed by atoms with Gasteiger partial charge in [0, 0.05) is 11.6 Å².